The van der Waals surface area contributed by atoms with Crippen LogP contribution in [0.3, 0.4) is 0 Å². The largest absolute Gasteiger partial charge is 0.392 e. The number of benzene rings is 1. The second-order valence-corrected chi connectivity index (χ2v) is 4.35. The highest BCUT2D eigenvalue weighted by Gasteiger charge is 2.13. The molecule has 88 valence electrons. The molecule has 1 aliphatic rings. The smallest absolute Gasteiger partial charge is 0.0717 e. The van der Waals surface area contributed by atoms with E-state index >= 15 is 0 Å². The quantitative estimate of drug-likeness (QED) is 0.787. The van der Waals surface area contributed by atoms with Gasteiger partial charge in [0, 0.05) is 6.54 Å². The zero-order chi connectivity index (χ0) is 11.2. The Morgan fingerprint density at radius 3 is 2.62 bits per heavy atom. The number of rotatable bonds is 5. The van der Waals surface area contributed by atoms with Gasteiger partial charge < -0.3 is 15.2 Å². The highest BCUT2D eigenvalue weighted by Crippen LogP contribution is 2.10. The summed E-state index contributed by atoms with van der Waals surface area (Å²) in [5, 5.41) is 12.2. The number of aliphatic hydroxyl groups is 1. The van der Waals surface area contributed by atoms with Gasteiger partial charge in [-0.3, -0.25) is 0 Å². The van der Waals surface area contributed by atoms with Gasteiger partial charge >= 0.3 is 0 Å². The van der Waals surface area contributed by atoms with Crippen LogP contribution in [0.5, 0.6) is 0 Å². The van der Waals surface area contributed by atoms with Crippen molar-refractivity contribution in [2.45, 2.75) is 19.6 Å². The third kappa shape index (κ3) is 3.30. The molecule has 1 atom stereocenters. The Morgan fingerprint density at radius 2 is 2.00 bits per heavy atom. The Balaban J connectivity index is 1.71. The van der Waals surface area contributed by atoms with Gasteiger partial charge in [-0.2, -0.15) is 0 Å². The number of hydrogen-bond acceptors (Lipinski definition) is 3. The first-order valence-electron chi connectivity index (χ1n) is 5.85. The summed E-state index contributed by atoms with van der Waals surface area (Å²) in [5.74, 6) is 0.678. The summed E-state index contributed by atoms with van der Waals surface area (Å²) >= 11 is 0. The van der Waals surface area contributed by atoms with Crippen LogP contribution in [0.2, 0.25) is 0 Å². The first-order chi connectivity index (χ1) is 7.88. The monoisotopic (exact) mass is 221 g/mol. The van der Waals surface area contributed by atoms with Crippen LogP contribution in [0.4, 0.5) is 0 Å². The van der Waals surface area contributed by atoms with E-state index in [-0.39, 0.29) is 6.61 Å². The number of hydrogen-bond donors (Lipinski definition) is 2. The van der Waals surface area contributed by atoms with E-state index in [4.69, 9.17) is 9.84 Å². The third-order valence-corrected chi connectivity index (χ3v) is 2.99. The molecule has 1 aliphatic heterocycles. The molecule has 1 aromatic rings. The van der Waals surface area contributed by atoms with Gasteiger partial charge in [0.25, 0.3) is 0 Å². The molecular formula is C13H19NO2. The lowest BCUT2D eigenvalue weighted by molar-refractivity contribution is 0.0924. The summed E-state index contributed by atoms with van der Waals surface area (Å²) in [5.41, 5.74) is 2.12. The van der Waals surface area contributed by atoms with E-state index in [2.05, 4.69) is 5.32 Å². The summed E-state index contributed by atoms with van der Waals surface area (Å²) in [7, 11) is 0. The van der Waals surface area contributed by atoms with Crippen LogP contribution in [0.15, 0.2) is 24.3 Å². The van der Waals surface area contributed by atoms with Gasteiger partial charge in [0.1, 0.15) is 0 Å². The average molecular weight is 221 g/mol. The van der Waals surface area contributed by atoms with Gasteiger partial charge in [-0.25, -0.2) is 0 Å². The zero-order valence-corrected chi connectivity index (χ0v) is 9.48. The van der Waals surface area contributed by atoms with Crippen molar-refractivity contribution in [3.63, 3.8) is 0 Å². The van der Waals surface area contributed by atoms with Crippen LogP contribution >= 0.6 is 0 Å². The molecule has 0 radical (unpaired) electrons. The Hall–Kier alpha value is -0.900. The summed E-state index contributed by atoms with van der Waals surface area (Å²) in [6.07, 6.45) is 1.23. The maximum atomic E-state index is 8.91. The minimum atomic E-state index is 0.106. The van der Waals surface area contributed by atoms with E-state index in [9.17, 15) is 0 Å². The molecule has 2 N–H and O–H groups in total. The van der Waals surface area contributed by atoms with Gasteiger partial charge in [-0.15, -0.1) is 0 Å². The normalized spacial score (nSPS) is 20.2. The predicted octanol–water partition coefficient (Wildman–Crippen LogP) is 1.30. The van der Waals surface area contributed by atoms with Crippen molar-refractivity contribution in [3.8, 4) is 0 Å². The van der Waals surface area contributed by atoms with Crippen LogP contribution in [-0.2, 0) is 18.0 Å². The molecule has 1 unspecified atom stereocenters. The first kappa shape index (κ1) is 11.6. The maximum absolute atomic E-state index is 8.91. The predicted molar refractivity (Wildman–Crippen MR) is 63.0 cm³/mol. The fourth-order valence-electron chi connectivity index (χ4n) is 1.94. The van der Waals surface area contributed by atoms with Crippen molar-refractivity contribution in [2.24, 2.45) is 5.92 Å². The molecule has 1 saturated heterocycles. The van der Waals surface area contributed by atoms with Crippen molar-refractivity contribution >= 4 is 0 Å². The third-order valence-electron chi connectivity index (χ3n) is 2.99. The van der Waals surface area contributed by atoms with Gasteiger partial charge in [0.05, 0.1) is 19.8 Å². The standard InChI is InChI=1S/C13H19NO2/c15-8-11-1-3-12(4-2-11)9-16-10-13-5-6-14-7-13/h1-4,13-15H,5-10H2. The minimum absolute atomic E-state index is 0.106. The number of nitrogens with one attached hydrogen (secondary N) is 1. The maximum Gasteiger partial charge on any atom is 0.0717 e. The summed E-state index contributed by atoms with van der Waals surface area (Å²) in [6.45, 7) is 3.83. The van der Waals surface area contributed by atoms with Gasteiger partial charge in [0.15, 0.2) is 0 Å². The van der Waals surface area contributed by atoms with E-state index < -0.39 is 0 Å². The molecule has 0 amide bonds. The molecule has 3 nitrogen and oxygen atoms in total. The molecular weight excluding hydrogens is 202 g/mol. The van der Waals surface area contributed by atoms with E-state index in [1.165, 1.54) is 12.0 Å². The Kier molecular flexibility index (Phi) is 4.34. The van der Waals surface area contributed by atoms with Gasteiger partial charge in [0.2, 0.25) is 0 Å². The fraction of sp³-hybridized carbons (Fsp3) is 0.538. The molecule has 0 saturated carbocycles. The second kappa shape index (κ2) is 5.99. The highest BCUT2D eigenvalue weighted by atomic mass is 16.5. The highest BCUT2D eigenvalue weighted by molar-refractivity contribution is 5.21. The molecule has 1 fully saturated rings. The summed E-state index contributed by atoms with van der Waals surface area (Å²) < 4.78 is 5.67. The van der Waals surface area contributed by atoms with Crippen molar-refractivity contribution < 1.29 is 9.84 Å². The van der Waals surface area contributed by atoms with Crippen LogP contribution < -0.4 is 5.32 Å². The SMILES string of the molecule is OCc1ccc(COCC2CCNC2)cc1. The van der Waals surface area contributed by atoms with Crippen molar-refractivity contribution in [1.29, 1.82) is 0 Å². The number of ether oxygens (including phenoxy) is 1. The van der Waals surface area contributed by atoms with Gasteiger partial charge in [-0.05, 0) is 30.0 Å². The second-order valence-electron chi connectivity index (χ2n) is 4.35. The lowest BCUT2D eigenvalue weighted by Crippen LogP contribution is -2.13. The Labute approximate surface area is 96.4 Å². The molecule has 1 aromatic carbocycles. The minimum Gasteiger partial charge on any atom is -0.392 e. The molecule has 2 rings (SSSR count). The van der Waals surface area contributed by atoms with Crippen LogP contribution in [-0.4, -0.2) is 24.8 Å². The summed E-state index contributed by atoms with van der Waals surface area (Å²) in [4.78, 5) is 0. The van der Waals surface area contributed by atoms with Gasteiger partial charge in [-0.1, -0.05) is 24.3 Å². The molecule has 1 heterocycles. The van der Waals surface area contributed by atoms with E-state index in [0.29, 0.717) is 12.5 Å². The molecule has 0 aliphatic carbocycles. The fourth-order valence-corrected chi connectivity index (χ4v) is 1.94. The van der Waals surface area contributed by atoms with Crippen LogP contribution in [0.25, 0.3) is 0 Å². The van der Waals surface area contributed by atoms with Crippen LogP contribution in [0.1, 0.15) is 17.5 Å². The van der Waals surface area contributed by atoms with Crippen molar-refractivity contribution in [3.05, 3.63) is 35.4 Å². The Morgan fingerprint density at radius 1 is 1.25 bits per heavy atom. The lowest BCUT2D eigenvalue weighted by Gasteiger charge is -2.09. The van der Waals surface area contributed by atoms with Crippen molar-refractivity contribution in [2.75, 3.05) is 19.7 Å². The van der Waals surface area contributed by atoms with E-state index in [1.54, 1.807) is 0 Å². The zero-order valence-electron chi connectivity index (χ0n) is 9.48. The molecule has 3 heteroatoms. The lowest BCUT2D eigenvalue weighted by atomic mass is 10.1. The molecule has 0 spiro atoms. The first-order valence-corrected chi connectivity index (χ1v) is 5.85. The Bertz CT molecular complexity index is 304. The number of aliphatic hydroxyl groups excluding tert-OH is 1. The average Bonchev–Trinajstić information content (AvgIpc) is 2.83. The topological polar surface area (TPSA) is 41.5 Å². The molecule has 0 aromatic heterocycles. The van der Waals surface area contributed by atoms with Crippen LogP contribution in [0, 0.1) is 5.92 Å². The summed E-state index contributed by atoms with van der Waals surface area (Å²) in [6, 6.07) is 7.91. The molecule has 16 heavy (non-hydrogen) atoms. The van der Waals surface area contributed by atoms with E-state index in [1.807, 2.05) is 24.3 Å². The van der Waals surface area contributed by atoms with Crippen molar-refractivity contribution in [1.82, 2.24) is 5.32 Å². The van der Waals surface area contributed by atoms with E-state index in [0.717, 1.165) is 25.3 Å². The molecule has 0 bridgehead atoms.